The maximum atomic E-state index is 13.4. The van der Waals surface area contributed by atoms with Crippen LogP contribution in [-0.2, 0) is 6.54 Å². The lowest BCUT2D eigenvalue weighted by Gasteiger charge is -2.18. The van der Waals surface area contributed by atoms with Gasteiger partial charge in [-0.1, -0.05) is 42.5 Å². The number of para-hydroxylation sites is 3. The van der Waals surface area contributed by atoms with Crippen molar-refractivity contribution in [2.24, 2.45) is 0 Å². The molecule has 1 unspecified atom stereocenters. The Morgan fingerprint density at radius 1 is 0.970 bits per heavy atom. The van der Waals surface area contributed by atoms with Gasteiger partial charge in [0.1, 0.15) is 11.6 Å². The molecule has 5 rings (SSSR count). The van der Waals surface area contributed by atoms with Crippen molar-refractivity contribution in [3.8, 4) is 5.75 Å². The number of likely N-dealkylation sites (tertiary alicyclic amines) is 1. The number of anilines is 1. The Hall–Kier alpha value is -3.38. The molecule has 0 radical (unpaired) electrons. The maximum Gasteiger partial charge on any atom is 0.204 e. The number of nitrogens with zero attached hydrogens (tertiary/aromatic N) is 3. The first-order valence-corrected chi connectivity index (χ1v) is 11.6. The van der Waals surface area contributed by atoms with Crippen molar-refractivity contribution < 1.29 is 9.13 Å². The Labute approximate surface area is 193 Å². The van der Waals surface area contributed by atoms with Gasteiger partial charge >= 0.3 is 0 Å². The number of benzene rings is 3. The van der Waals surface area contributed by atoms with E-state index in [9.17, 15) is 4.39 Å². The van der Waals surface area contributed by atoms with E-state index in [0.29, 0.717) is 12.6 Å². The summed E-state index contributed by atoms with van der Waals surface area (Å²) in [7, 11) is 0. The van der Waals surface area contributed by atoms with Gasteiger partial charge in [0.15, 0.2) is 0 Å². The number of aromatic nitrogens is 2. The lowest BCUT2D eigenvalue weighted by molar-refractivity contribution is 0.262. The van der Waals surface area contributed by atoms with Crippen molar-refractivity contribution >= 4 is 17.0 Å². The first kappa shape index (κ1) is 21.5. The molecule has 33 heavy (non-hydrogen) atoms. The summed E-state index contributed by atoms with van der Waals surface area (Å²) < 4.78 is 21.4. The number of fused-ring (bicyclic) bond motifs is 1. The number of halogens is 1. The third-order valence-corrected chi connectivity index (χ3v) is 6.14. The molecular formula is C27H29FN4O. The molecule has 1 aromatic heterocycles. The van der Waals surface area contributed by atoms with Gasteiger partial charge in [0, 0.05) is 25.7 Å². The smallest absolute Gasteiger partial charge is 0.204 e. The van der Waals surface area contributed by atoms with Gasteiger partial charge < -0.3 is 19.5 Å². The molecule has 170 valence electrons. The van der Waals surface area contributed by atoms with E-state index in [4.69, 9.17) is 9.72 Å². The van der Waals surface area contributed by atoms with E-state index in [1.54, 1.807) is 0 Å². The predicted molar refractivity (Wildman–Crippen MR) is 130 cm³/mol. The van der Waals surface area contributed by atoms with E-state index >= 15 is 0 Å². The molecule has 1 N–H and O–H groups in total. The molecule has 0 spiro atoms. The zero-order valence-electron chi connectivity index (χ0n) is 18.7. The van der Waals surface area contributed by atoms with Crippen LogP contribution in [0.3, 0.4) is 0 Å². The summed E-state index contributed by atoms with van der Waals surface area (Å²) in [5.41, 5.74) is 3.10. The topological polar surface area (TPSA) is 42.3 Å². The van der Waals surface area contributed by atoms with Crippen molar-refractivity contribution in [3.63, 3.8) is 0 Å². The van der Waals surface area contributed by atoms with Crippen molar-refractivity contribution in [2.45, 2.75) is 25.4 Å². The summed E-state index contributed by atoms with van der Waals surface area (Å²) in [5, 5.41) is 3.68. The number of hydrogen-bond acceptors (Lipinski definition) is 4. The molecule has 5 nitrogen and oxygen atoms in total. The van der Waals surface area contributed by atoms with Crippen LogP contribution in [0.25, 0.3) is 11.0 Å². The minimum absolute atomic E-state index is 0.215. The summed E-state index contributed by atoms with van der Waals surface area (Å²) in [5.74, 6) is 1.59. The monoisotopic (exact) mass is 444 g/mol. The maximum absolute atomic E-state index is 13.4. The van der Waals surface area contributed by atoms with Gasteiger partial charge in [0.05, 0.1) is 24.2 Å². The molecule has 0 aliphatic carbocycles. The van der Waals surface area contributed by atoms with Crippen molar-refractivity contribution in [1.82, 2.24) is 14.5 Å². The molecule has 3 aromatic carbocycles. The van der Waals surface area contributed by atoms with Gasteiger partial charge in [0.25, 0.3) is 0 Å². The van der Waals surface area contributed by atoms with E-state index in [0.717, 1.165) is 67.4 Å². The molecule has 1 aliphatic heterocycles. The minimum Gasteiger partial charge on any atom is -0.494 e. The molecular weight excluding hydrogens is 415 g/mol. The molecule has 2 heterocycles. The highest BCUT2D eigenvalue weighted by Crippen LogP contribution is 2.24. The van der Waals surface area contributed by atoms with Crippen LogP contribution < -0.4 is 10.1 Å². The molecule has 1 atom stereocenters. The highest BCUT2D eigenvalue weighted by molar-refractivity contribution is 5.78. The van der Waals surface area contributed by atoms with Gasteiger partial charge in [-0.05, 0) is 54.8 Å². The fourth-order valence-electron chi connectivity index (χ4n) is 4.45. The fourth-order valence-corrected chi connectivity index (χ4v) is 4.45. The first-order valence-electron chi connectivity index (χ1n) is 11.6. The van der Waals surface area contributed by atoms with Crippen LogP contribution in [0.1, 0.15) is 18.4 Å². The van der Waals surface area contributed by atoms with Crippen molar-refractivity contribution in [1.29, 1.82) is 0 Å². The van der Waals surface area contributed by atoms with E-state index in [1.807, 2.05) is 60.7 Å². The highest BCUT2D eigenvalue weighted by Gasteiger charge is 2.24. The number of ether oxygens (including phenoxy) is 1. The van der Waals surface area contributed by atoms with Crippen LogP contribution in [0.2, 0.25) is 0 Å². The number of imidazole rings is 1. The fraction of sp³-hybridized carbons (Fsp3) is 0.296. The summed E-state index contributed by atoms with van der Waals surface area (Å²) in [6.45, 7) is 4.46. The van der Waals surface area contributed by atoms with Gasteiger partial charge in [-0.3, -0.25) is 0 Å². The SMILES string of the molecule is Fc1ccc(Cn2c(NC3CCN(CCCOc4ccccc4)C3)nc3ccccc32)cc1. The predicted octanol–water partition coefficient (Wildman–Crippen LogP) is 5.18. The second-order valence-electron chi connectivity index (χ2n) is 8.58. The molecule has 1 aliphatic rings. The Morgan fingerprint density at radius 3 is 2.61 bits per heavy atom. The normalized spacial score (nSPS) is 16.3. The average molecular weight is 445 g/mol. The quantitative estimate of drug-likeness (QED) is 0.361. The molecule has 0 saturated carbocycles. The Kier molecular flexibility index (Phi) is 6.53. The van der Waals surface area contributed by atoms with Crippen molar-refractivity contribution in [3.05, 3.63) is 90.2 Å². The number of nitrogens with one attached hydrogen (secondary N) is 1. The minimum atomic E-state index is -0.215. The van der Waals surface area contributed by atoms with Gasteiger partial charge in [0.2, 0.25) is 5.95 Å². The first-order chi connectivity index (χ1) is 16.2. The zero-order valence-corrected chi connectivity index (χ0v) is 18.7. The molecule has 6 heteroatoms. The lowest BCUT2D eigenvalue weighted by atomic mass is 10.2. The van der Waals surface area contributed by atoms with Crippen LogP contribution in [0, 0.1) is 5.82 Å². The second-order valence-corrected chi connectivity index (χ2v) is 8.58. The Bertz CT molecular complexity index is 1180. The van der Waals surface area contributed by atoms with Gasteiger partial charge in [-0.2, -0.15) is 0 Å². The van der Waals surface area contributed by atoms with E-state index < -0.39 is 0 Å². The molecule has 0 amide bonds. The third-order valence-electron chi connectivity index (χ3n) is 6.14. The van der Waals surface area contributed by atoms with Crippen LogP contribution in [0.15, 0.2) is 78.9 Å². The van der Waals surface area contributed by atoms with Crippen LogP contribution in [-0.4, -0.2) is 46.7 Å². The molecule has 0 bridgehead atoms. The van der Waals surface area contributed by atoms with Gasteiger partial charge in [-0.15, -0.1) is 0 Å². The van der Waals surface area contributed by atoms with E-state index in [2.05, 4.69) is 20.9 Å². The van der Waals surface area contributed by atoms with E-state index in [-0.39, 0.29) is 5.82 Å². The highest BCUT2D eigenvalue weighted by atomic mass is 19.1. The lowest BCUT2D eigenvalue weighted by Crippen LogP contribution is -2.28. The van der Waals surface area contributed by atoms with Crippen molar-refractivity contribution in [2.75, 3.05) is 31.6 Å². The Balaban J connectivity index is 1.20. The van der Waals surface area contributed by atoms with Gasteiger partial charge in [-0.25, -0.2) is 9.37 Å². The number of rotatable bonds is 9. The molecule has 1 saturated heterocycles. The number of hydrogen-bond donors (Lipinski definition) is 1. The van der Waals surface area contributed by atoms with Crippen LogP contribution in [0.5, 0.6) is 5.75 Å². The average Bonchev–Trinajstić information content (AvgIpc) is 3.43. The summed E-state index contributed by atoms with van der Waals surface area (Å²) in [6, 6.07) is 25.2. The molecule has 4 aromatic rings. The standard InChI is InChI=1S/C27H29FN4O/c28-22-13-11-21(12-14-22)19-32-26-10-5-4-9-25(26)30-27(32)29-23-15-17-31(20-23)16-6-18-33-24-7-2-1-3-8-24/h1-5,7-14,23H,6,15-20H2,(H,29,30). The largest absolute Gasteiger partial charge is 0.494 e. The third kappa shape index (κ3) is 5.34. The Morgan fingerprint density at radius 2 is 1.76 bits per heavy atom. The summed E-state index contributed by atoms with van der Waals surface area (Å²) in [6.07, 6.45) is 2.09. The summed E-state index contributed by atoms with van der Waals surface area (Å²) >= 11 is 0. The second kappa shape index (κ2) is 10.0. The molecule has 1 fully saturated rings. The zero-order chi connectivity index (χ0) is 22.5. The summed E-state index contributed by atoms with van der Waals surface area (Å²) in [4.78, 5) is 7.35. The van der Waals surface area contributed by atoms with Crippen LogP contribution >= 0.6 is 0 Å². The van der Waals surface area contributed by atoms with E-state index in [1.165, 1.54) is 12.1 Å². The van der Waals surface area contributed by atoms with Crippen LogP contribution in [0.4, 0.5) is 10.3 Å².